The van der Waals surface area contributed by atoms with Crippen molar-refractivity contribution in [2.24, 2.45) is 0 Å². The zero-order valence-corrected chi connectivity index (χ0v) is 8.73. The number of carbonyl (C=O) groups is 2. The lowest BCUT2D eigenvalue weighted by molar-refractivity contribution is -0.143. The molecule has 0 saturated heterocycles. The Morgan fingerprint density at radius 1 is 1.47 bits per heavy atom. The summed E-state index contributed by atoms with van der Waals surface area (Å²) in [4.78, 5) is 21.6. The first kappa shape index (κ1) is 11.4. The Hall–Kier alpha value is -1.64. The third-order valence-corrected chi connectivity index (χ3v) is 2.01. The fourth-order valence-electron chi connectivity index (χ4n) is 1.30. The van der Waals surface area contributed by atoms with Gasteiger partial charge in [0, 0.05) is 12.0 Å². The maximum absolute atomic E-state index is 11.1. The summed E-state index contributed by atoms with van der Waals surface area (Å²) in [5.41, 5.74) is 1.61. The van der Waals surface area contributed by atoms with Crippen molar-refractivity contribution in [2.45, 2.75) is 19.8 Å². The molecule has 3 heteroatoms. The fraction of sp³-hybridized carbons (Fsp3) is 0.333. The van der Waals surface area contributed by atoms with Crippen LogP contribution in [0, 0.1) is 0 Å². The van der Waals surface area contributed by atoms with E-state index in [-0.39, 0.29) is 5.97 Å². The first-order valence-corrected chi connectivity index (χ1v) is 4.96. The van der Waals surface area contributed by atoms with Gasteiger partial charge in [0.05, 0.1) is 6.61 Å². The van der Waals surface area contributed by atoms with Gasteiger partial charge in [0.1, 0.15) is 6.29 Å². The van der Waals surface area contributed by atoms with Gasteiger partial charge in [-0.15, -0.1) is 0 Å². The number of ether oxygens (including phenoxy) is 1. The molecule has 0 unspecified atom stereocenters. The van der Waals surface area contributed by atoms with Gasteiger partial charge in [-0.25, -0.2) is 0 Å². The SMILES string of the molecule is CCOC(=O)CCc1cccc(C=O)c1. The molecule has 0 heterocycles. The Labute approximate surface area is 89.1 Å². The Bertz CT molecular complexity index is 344. The summed E-state index contributed by atoms with van der Waals surface area (Å²) in [6.45, 7) is 2.19. The van der Waals surface area contributed by atoms with Gasteiger partial charge in [-0.2, -0.15) is 0 Å². The minimum absolute atomic E-state index is 0.200. The molecule has 1 aromatic rings. The van der Waals surface area contributed by atoms with E-state index in [2.05, 4.69) is 0 Å². The average Bonchev–Trinajstić information content (AvgIpc) is 2.27. The third kappa shape index (κ3) is 3.94. The predicted molar refractivity (Wildman–Crippen MR) is 56.8 cm³/mol. The number of carbonyl (C=O) groups excluding carboxylic acids is 2. The van der Waals surface area contributed by atoms with Crippen molar-refractivity contribution in [3.05, 3.63) is 35.4 Å². The van der Waals surface area contributed by atoms with Crippen LogP contribution in [-0.2, 0) is 16.0 Å². The molecule has 0 aliphatic heterocycles. The van der Waals surface area contributed by atoms with Crippen LogP contribution in [0.5, 0.6) is 0 Å². The second-order valence-corrected chi connectivity index (χ2v) is 3.17. The molecule has 0 fully saturated rings. The van der Waals surface area contributed by atoms with Crippen molar-refractivity contribution in [2.75, 3.05) is 6.61 Å². The molecular formula is C12H14O3. The molecule has 1 aromatic carbocycles. The highest BCUT2D eigenvalue weighted by atomic mass is 16.5. The van der Waals surface area contributed by atoms with Crippen LogP contribution in [0.3, 0.4) is 0 Å². The maximum atomic E-state index is 11.1. The molecule has 80 valence electrons. The number of benzene rings is 1. The maximum Gasteiger partial charge on any atom is 0.306 e. The minimum Gasteiger partial charge on any atom is -0.466 e. The molecule has 0 atom stereocenters. The van der Waals surface area contributed by atoms with Crippen molar-refractivity contribution >= 4 is 12.3 Å². The highest BCUT2D eigenvalue weighted by molar-refractivity contribution is 5.75. The van der Waals surface area contributed by atoms with Gasteiger partial charge in [-0.1, -0.05) is 18.2 Å². The summed E-state index contributed by atoms with van der Waals surface area (Å²) in [7, 11) is 0. The van der Waals surface area contributed by atoms with Crippen molar-refractivity contribution in [3.63, 3.8) is 0 Å². The molecule has 0 aliphatic carbocycles. The number of aldehydes is 1. The smallest absolute Gasteiger partial charge is 0.306 e. The summed E-state index contributed by atoms with van der Waals surface area (Å²) in [5, 5.41) is 0. The second kappa shape index (κ2) is 5.96. The van der Waals surface area contributed by atoms with E-state index in [9.17, 15) is 9.59 Å². The Kier molecular flexibility index (Phi) is 4.54. The van der Waals surface area contributed by atoms with Crippen LogP contribution in [0.1, 0.15) is 29.3 Å². The normalized spacial score (nSPS) is 9.67. The number of aryl methyl sites for hydroxylation is 1. The third-order valence-electron chi connectivity index (χ3n) is 2.01. The summed E-state index contributed by atoms with van der Waals surface area (Å²) < 4.78 is 4.81. The van der Waals surface area contributed by atoms with Crippen LogP contribution in [-0.4, -0.2) is 18.9 Å². The second-order valence-electron chi connectivity index (χ2n) is 3.17. The van der Waals surface area contributed by atoms with Crippen molar-refractivity contribution < 1.29 is 14.3 Å². The lowest BCUT2D eigenvalue weighted by Gasteiger charge is -2.02. The molecule has 0 spiro atoms. The zero-order chi connectivity index (χ0) is 11.1. The number of hydrogen-bond acceptors (Lipinski definition) is 3. The largest absolute Gasteiger partial charge is 0.466 e. The van der Waals surface area contributed by atoms with Gasteiger partial charge in [-0.3, -0.25) is 9.59 Å². The Morgan fingerprint density at radius 2 is 2.27 bits per heavy atom. The van der Waals surface area contributed by atoms with E-state index in [0.29, 0.717) is 25.0 Å². The number of rotatable bonds is 5. The molecule has 0 radical (unpaired) electrons. The molecule has 1 rings (SSSR count). The van der Waals surface area contributed by atoms with E-state index < -0.39 is 0 Å². The van der Waals surface area contributed by atoms with Crippen LogP contribution in [0.15, 0.2) is 24.3 Å². The van der Waals surface area contributed by atoms with E-state index >= 15 is 0 Å². The van der Waals surface area contributed by atoms with Crippen LogP contribution >= 0.6 is 0 Å². The molecule has 0 saturated carbocycles. The molecule has 3 nitrogen and oxygen atoms in total. The summed E-state index contributed by atoms with van der Waals surface area (Å²) in [6, 6.07) is 7.23. The highest BCUT2D eigenvalue weighted by Gasteiger charge is 2.02. The van der Waals surface area contributed by atoms with Gasteiger partial charge in [0.15, 0.2) is 0 Å². The van der Waals surface area contributed by atoms with Gasteiger partial charge in [-0.05, 0) is 25.0 Å². The summed E-state index contributed by atoms with van der Waals surface area (Å²) >= 11 is 0. The molecule has 0 N–H and O–H groups in total. The van der Waals surface area contributed by atoms with Crippen molar-refractivity contribution in [1.29, 1.82) is 0 Å². The number of hydrogen-bond donors (Lipinski definition) is 0. The van der Waals surface area contributed by atoms with Crippen LogP contribution in [0.25, 0.3) is 0 Å². The van der Waals surface area contributed by atoms with Crippen LogP contribution < -0.4 is 0 Å². The minimum atomic E-state index is -0.200. The zero-order valence-electron chi connectivity index (χ0n) is 8.73. The van der Waals surface area contributed by atoms with Crippen molar-refractivity contribution in [3.8, 4) is 0 Å². The molecule has 15 heavy (non-hydrogen) atoms. The van der Waals surface area contributed by atoms with E-state index in [4.69, 9.17) is 4.74 Å². The van der Waals surface area contributed by atoms with Crippen LogP contribution in [0.2, 0.25) is 0 Å². The lowest BCUT2D eigenvalue weighted by atomic mass is 10.1. The molecular weight excluding hydrogens is 192 g/mol. The van der Waals surface area contributed by atoms with E-state index in [0.717, 1.165) is 11.8 Å². The van der Waals surface area contributed by atoms with Crippen molar-refractivity contribution in [1.82, 2.24) is 0 Å². The fourth-order valence-corrected chi connectivity index (χ4v) is 1.30. The average molecular weight is 206 g/mol. The number of esters is 1. The van der Waals surface area contributed by atoms with Gasteiger partial charge in [0.2, 0.25) is 0 Å². The van der Waals surface area contributed by atoms with Crippen LogP contribution in [0.4, 0.5) is 0 Å². The van der Waals surface area contributed by atoms with Gasteiger partial charge in [0.25, 0.3) is 0 Å². The molecule has 0 aromatic heterocycles. The standard InChI is InChI=1S/C12H14O3/c1-2-15-12(14)7-6-10-4-3-5-11(8-10)9-13/h3-5,8-9H,2,6-7H2,1H3. The predicted octanol–water partition coefficient (Wildman–Crippen LogP) is 1.99. The van der Waals surface area contributed by atoms with Gasteiger partial charge < -0.3 is 4.74 Å². The first-order valence-electron chi connectivity index (χ1n) is 4.96. The summed E-state index contributed by atoms with van der Waals surface area (Å²) in [5.74, 6) is -0.200. The summed E-state index contributed by atoms with van der Waals surface area (Å²) in [6.07, 6.45) is 1.77. The Balaban J connectivity index is 2.50. The van der Waals surface area contributed by atoms with E-state index in [1.54, 1.807) is 19.1 Å². The van der Waals surface area contributed by atoms with E-state index in [1.165, 1.54) is 0 Å². The quantitative estimate of drug-likeness (QED) is 0.546. The first-order chi connectivity index (χ1) is 7.26. The highest BCUT2D eigenvalue weighted by Crippen LogP contribution is 2.06. The molecule has 0 amide bonds. The molecule has 0 bridgehead atoms. The topological polar surface area (TPSA) is 43.4 Å². The lowest BCUT2D eigenvalue weighted by Crippen LogP contribution is -2.05. The monoisotopic (exact) mass is 206 g/mol. The Morgan fingerprint density at radius 3 is 2.93 bits per heavy atom. The van der Waals surface area contributed by atoms with E-state index in [1.807, 2.05) is 12.1 Å². The molecule has 0 aliphatic rings. The van der Waals surface area contributed by atoms with Gasteiger partial charge >= 0.3 is 5.97 Å².